The van der Waals surface area contributed by atoms with Crippen molar-refractivity contribution in [3.8, 4) is 0 Å². The SMILES string of the molecule is COC(=O)Nc1nc2c(s1)CN(C(=O)c1cc(C)cs1)CC2. The van der Waals surface area contributed by atoms with E-state index < -0.39 is 6.09 Å². The molecule has 0 unspecified atom stereocenters. The molecule has 6 nitrogen and oxygen atoms in total. The molecule has 3 rings (SSSR count). The summed E-state index contributed by atoms with van der Waals surface area (Å²) in [5.74, 6) is 0.0552. The van der Waals surface area contributed by atoms with Gasteiger partial charge in [0.15, 0.2) is 5.13 Å². The summed E-state index contributed by atoms with van der Waals surface area (Å²) in [6.45, 7) is 3.16. The lowest BCUT2D eigenvalue weighted by Crippen LogP contribution is -2.35. The van der Waals surface area contributed by atoms with Crippen LogP contribution in [0.25, 0.3) is 0 Å². The summed E-state index contributed by atoms with van der Waals surface area (Å²) in [5.41, 5.74) is 2.05. The van der Waals surface area contributed by atoms with E-state index >= 15 is 0 Å². The predicted molar refractivity (Wildman–Crippen MR) is 85.6 cm³/mol. The molecule has 0 atom stereocenters. The van der Waals surface area contributed by atoms with Gasteiger partial charge in [0, 0.05) is 17.8 Å². The summed E-state index contributed by atoms with van der Waals surface area (Å²) < 4.78 is 4.56. The number of nitrogens with one attached hydrogen (secondary N) is 1. The average molecular weight is 337 g/mol. The van der Waals surface area contributed by atoms with Gasteiger partial charge in [-0.25, -0.2) is 9.78 Å². The monoisotopic (exact) mass is 337 g/mol. The van der Waals surface area contributed by atoms with Crippen LogP contribution in [-0.4, -0.2) is 35.5 Å². The van der Waals surface area contributed by atoms with E-state index in [-0.39, 0.29) is 5.91 Å². The number of fused-ring (bicyclic) bond motifs is 1. The molecule has 22 heavy (non-hydrogen) atoms. The van der Waals surface area contributed by atoms with Crippen molar-refractivity contribution in [3.63, 3.8) is 0 Å². The Balaban J connectivity index is 1.73. The van der Waals surface area contributed by atoms with E-state index in [9.17, 15) is 9.59 Å². The lowest BCUT2D eigenvalue weighted by Gasteiger charge is -2.25. The number of thiophene rings is 1. The van der Waals surface area contributed by atoms with Gasteiger partial charge in [-0.3, -0.25) is 10.1 Å². The van der Waals surface area contributed by atoms with Crippen molar-refractivity contribution >= 4 is 39.8 Å². The number of anilines is 1. The second kappa shape index (κ2) is 6.05. The van der Waals surface area contributed by atoms with E-state index in [2.05, 4.69) is 15.0 Å². The van der Waals surface area contributed by atoms with E-state index in [1.54, 1.807) is 0 Å². The third-order valence-electron chi connectivity index (χ3n) is 3.35. The molecular weight excluding hydrogens is 322 g/mol. The molecule has 1 aliphatic heterocycles. The first kappa shape index (κ1) is 15.0. The van der Waals surface area contributed by atoms with Crippen LogP contribution in [0.2, 0.25) is 0 Å². The Morgan fingerprint density at radius 1 is 1.45 bits per heavy atom. The lowest BCUT2D eigenvalue weighted by molar-refractivity contribution is 0.0741. The van der Waals surface area contributed by atoms with Gasteiger partial charge < -0.3 is 9.64 Å². The normalized spacial score (nSPS) is 13.6. The number of rotatable bonds is 2. The molecule has 0 bridgehead atoms. The molecule has 0 aromatic carbocycles. The number of aryl methyl sites for hydroxylation is 1. The number of methoxy groups -OCH3 is 1. The smallest absolute Gasteiger partial charge is 0.413 e. The zero-order valence-electron chi connectivity index (χ0n) is 12.2. The first-order chi connectivity index (χ1) is 10.6. The fourth-order valence-electron chi connectivity index (χ4n) is 2.26. The molecule has 0 spiro atoms. The van der Waals surface area contributed by atoms with Crippen molar-refractivity contribution in [2.24, 2.45) is 0 Å². The van der Waals surface area contributed by atoms with Crippen LogP contribution in [0.1, 0.15) is 25.8 Å². The first-order valence-electron chi connectivity index (χ1n) is 6.75. The highest BCUT2D eigenvalue weighted by Gasteiger charge is 2.26. The van der Waals surface area contributed by atoms with Gasteiger partial charge in [0.2, 0.25) is 0 Å². The molecule has 0 saturated carbocycles. The second-order valence-electron chi connectivity index (χ2n) is 4.97. The minimum atomic E-state index is -0.534. The Hall–Kier alpha value is -1.93. The zero-order chi connectivity index (χ0) is 15.7. The minimum Gasteiger partial charge on any atom is -0.453 e. The number of carbonyl (C=O) groups excluding carboxylic acids is 2. The average Bonchev–Trinajstić information content (AvgIpc) is 3.11. The van der Waals surface area contributed by atoms with Crippen LogP contribution in [0.3, 0.4) is 0 Å². The summed E-state index contributed by atoms with van der Waals surface area (Å²) in [7, 11) is 1.31. The van der Waals surface area contributed by atoms with Gasteiger partial charge in [-0.05, 0) is 23.9 Å². The number of thiazole rings is 1. The quantitative estimate of drug-likeness (QED) is 0.914. The first-order valence-corrected chi connectivity index (χ1v) is 8.44. The topological polar surface area (TPSA) is 71.5 Å². The minimum absolute atomic E-state index is 0.0552. The van der Waals surface area contributed by atoms with Crippen LogP contribution in [0.4, 0.5) is 9.93 Å². The molecule has 1 N–H and O–H groups in total. The summed E-state index contributed by atoms with van der Waals surface area (Å²) in [6.07, 6.45) is 0.165. The molecule has 1 aliphatic rings. The summed E-state index contributed by atoms with van der Waals surface area (Å²) in [4.78, 5) is 31.7. The van der Waals surface area contributed by atoms with Crippen LogP contribution in [0.15, 0.2) is 11.4 Å². The van der Waals surface area contributed by atoms with Crippen molar-refractivity contribution in [3.05, 3.63) is 32.5 Å². The summed E-state index contributed by atoms with van der Waals surface area (Å²) in [6, 6.07) is 1.92. The molecule has 0 fully saturated rings. The lowest BCUT2D eigenvalue weighted by atomic mass is 10.1. The standard InChI is InChI=1S/C14H15N3O3S2/c1-8-5-10(21-7-8)12(18)17-4-3-9-11(6-17)22-13(15-9)16-14(19)20-2/h5,7H,3-4,6H2,1-2H3,(H,15,16,19). The molecule has 8 heteroatoms. The molecule has 0 saturated heterocycles. The Labute approximate surface area is 135 Å². The third-order valence-corrected chi connectivity index (χ3v) is 5.39. The molecule has 2 amide bonds. The maximum absolute atomic E-state index is 12.5. The number of aromatic nitrogens is 1. The van der Waals surface area contributed by atoms with Gasteiger partial charge in [0.1, 0.15) is 0 Å². The number of hydrogen-bond donors (Lipinski definition) is 1. The van der Waals surface area contributed by atoms with E-state index in [4.69, 9.17) is 0 Å². The van der Waals surface area contributed by atoms with Gasteiger partial charge in [-0.15, -0.1) is 11.3 Å². The molecule has 0 aliphatic carbocycles. The Bertz CT molecular complexity index is 723. The van der Waals surface area contributed by atoms with Crippen molar-refractivity contribution in [2.45, 2.75) is 19.9 Å². The number of ether oxygens (including phenoxy) is 1. The van der Waals surface area contributed by atoms with Gasteiger partial charge >= 0.3 is 6.09 Å². The van der Waals surface area contributed by atoms with Crippen molar-refractivity contribution in [1.29, 1.82) is 0 Å². The van der Waals surface area contributed by atoms with Gasteiger partial charge in [0.25, 0.3) is 5.91 Å². The molecule has 3 heterocycles. The highest BCUT2D eigenvalue weighted by atomic mass is 32.1. The highest BCUT2D eigenvalue weighted by Crippen LogP contribution is 2.29. The molecule has 2 aromatic heterocycles. The Kier molecular flexibility index (Phi) is 4.12. The van der Waals surface area contributed by atoms with Gasteiger partial charge in [0.05, 0.1) is 24.2 Å². The zero-order valence-corrected chi connectivity index (χ0v) is 13.8. The van der Waals surface area contributed by atoms with Gasteiger partial charge in [-0.2, -0.15) is 0 Å². The number of nitrogens with zero attached hydrogens (tertiary/aromatic N) is 2. The summed E-state index contributed by atoms with van der Waals surface area (Å²) in [5, 5.41) is 5.06. The van der Waals surface area contributed by atoms with Crippen LogP contribution >= 0.6 is 22.7 Å². The fourth-order valence-corrected chi connectivity index (χ4v) is 4.13. The number of amides is 2. The van der Waals surface area contributed by atoms with E-state index in [0.29, 0.717) is 24.6 Å². The van der Waals surface area contributed by atoms with Crippen LogP contribution in [0, 0.1) is 6.92 Å². The molecule has 2 aromatic rings. The predicted octanol–water partition coefficient (Wildman–Crippen LogP) is 2.89. The number of hydrogen-bond acceptors (Lipinski definition) is 6. The Morgan fingerprint density at radius 3 is 2.95 bits per heavy atom. The van der Waals surface area contributed by atoms with Crippen LogP contribution in [0.5, 0.6) is 0 Å². The molecular formula is C14H15N3O3S2. The van der Waals surface area contributed by atoms with Crippen molar-refractivity contribution in [2.75, 3.05) is 19.0 Å². The fraction of sp³-hybridized carbons (Fsp3) is 0.357. The maximum atomic E-state index is 12.5. The highest BCUT2D eigenvalue weighted by molar-refractivity contribution is 7.16. The van der Waals surface area contributed by atoms with E-state index in [1.165, 1.54) is 29.8 Å². The third kappa shape index (κ3) is 2.97. The molecule has 0 radical (unpaired) electrons. The second-order valence-corrected chi connectivity index (χ2v) is 6.97. The van der Waals surface area contributed by atoms with Crippen molar-refractivity contribution < 1.29 is 14.3 Å². The summed E-state index contributed by atoms with van der Waals surface area (Å²) >= 11 is 2.86. The Morgan fingerprint density at radius 2 is 2.27 bits per heavy atom. The van der Waals surface area contributed by atoms with E-state index in [0.717, 1.165) is 21.0 Å². The van der Waals surface area contributed by atoms with E-state index in [1.807, 2.05) is 23.3 Å². The largest absolute Gasteiger partial charge is 0.453 e. The van der Waals surface area contributed by atoms with Crippen LogP contribution < -0.4 is 5.32 Å². The van der Waals surface area contributed by atoms with Crippen LogP contribution in [-0.2, 0) is 17.7 Å². The number of carbonyl (C=O) groups is 2. The van der Waals surface area contributed by atoms with Crippen molar-refractivity contribution in [1.82, 2.24) is 9.88 Å². The molecule has 116 valence electrons. The maximum Gasteiger partial charge on any atom is 0.413 e. The van der Waals surface area contributed by atoms with Gasteiger partial charge in [-0.1, -0.05) is 11.3 Å².